The van der Waals surface area contributed by atoms with Crippen LogP contribution >= 0.6 is 0 Å². The van der Waals surface area contributed by atoms with Gasteiger partial charge in [0.2, 0.25) is 11.8 Å². The number of hydrogen-bond acceptors (Lipinski definition) is 3. The monoisotopic (exact) mass is 296 g/mol. The van der Waals surface area contributed by atoms with Crippen molar-refractivity contribution in [2.45, 2.75) is 58.3 Å². The predicted molar refractivity (Wildman–Crippen MR) is 79.6 cm³/mol. The summed E-state index contributed by atoms with van der Waals surface area (Å²) in [6, 6.07) is 0. The van der Waals surface area contributed by atoms with Crippen molar-refractivity contribution in [3.63, 3.8) is 0 Å². The van der Waals surface area contributed by atoms with Gasteiger partial charge < -0.3 is 4.90 Å². The van der Waals surface area contributed by atoms with Crippen LogP contribution < -0.4 is 5.48 Å². The molecular weight excluding hydrogens is 268 g/mol. The van der Waals surface area contributed by atoms with Crippen molar-refractivity contribution in [1.29, 1.82) is 0 Å². The zero-order chi connectivity index (χ0) is 15.2. The minimum absolute atomic E-state index is 0.109. The highest BCUT2D eigenvalue weighted by molar-refractivity contribution is 5.87. The highest BCUT2D eigenvalue weighted by Gasteiger charge is 2.35. The molecule has 0 aromatic heterocycles. The summed E-state index contributed by atoms with van der Waals surface area (Å²) < 4.78 is 0. The molecule has 2 aliphatic rings. The third kappa shape index (κ3) is 4.19. The van der Waals surface area contributed by atoms with Gasteiger partial charge in [-0.3, -0.25) is 14.8 Å². The van der Waals surface area contributed by atoms with Gasteiger partial charge in [0.25, 0.3) is 0 Å². The van der Waals surface area contributed by atoms with Crippen LogP contribution in [0.25, 0.3) is 0 Å². The molecule has 2 fully saturated rings. The standard InChI is InChI=1S/C16H28N2O3/c1-12(15(19)17-21)14(11-13-7-3-4-8-13)16(20)18-9-5-2-6-10-18/h12-14,21H,2-11H2,1H3,(H,17,19). The lowest BCUT2D eigenvalue weighted by Gasteiger charge is -2.33. The molecular formula is C16H28N2O3. The number of piperidine rings is 1. The van der Waals surface area contributed by atoms with Crippen LogP contribution in [0, 0.1) is 17.8 Å². The van der Waals surface area contributed by atoms with E-state index in [1.165, 1.54) is 19.3 Å². The van der Waals surface area contributed by atoms with Gasteiger partial charge in [-0.1, -0.05) is 32.6 Å². The summed E-state index contributed by atoms with van der Waals surface area (Å²) in [7, 11) is 0. The van der Waals surface area contributed by atoms with E-state index in [0.717, 1.165) is 45.2 Å². The highest BCUT2D eigenvalue weighted by Crippen LogP contribution is 2.34. The van der Waals surface area contributed by atoms with Crippen molar-refractivity contribution in [3.05, 3.63) is 0 Å². The second kappa shape index (κ2) is 7.78. The smallest absolute Gasteiger partial charge is 0.246 e. The second-order valence-electron chi connectivity index (χ2n) is 6.64. The molecule has 0 aromatic rings. The fourth-order valence-corrected chi connectivity index (χ4v) is 3.76. The molecule has 1 aliphatic carbocycles. The van der Waals surface area contributed by atoms with Crippen molar-refractivity contribution in [3.8, 4) is 0 Å². The maximum atomic E-state index is 12.8. The van der Waals surface area contributed by atoms with Gasteiger partial charge in [0.15, 0.2) is 0 Å². The third-order valence-corrected chi connectivity index (χ3v) is 5.17. The number of nitrogens with one attached hydrogen (secondary N) is 1. The van der Waals surface area contributed by atoms with Gasteiger partial charge in [-0.25, -0.2) is 5.48 Å². The number of nitrogens with zero attached hydrogens (tertiary/aromatic N) is 1. The summed E-state index contributed by atoms with van der Waals surface area (Å²) in [5.74, 6) is -0.540. The van der Waals surface area contributed by atoms with E-state index in [4.69, 9.17) is 5.21 Å². The van der Waals surface area contributed by atoms with Crippen LogP contribution in [0.15, 0.2) is 0 Å². The maximum absolute atomic E-state index is 12.8. The summed E-state index contributed by atoms with van der Waals surface area (Å²) in [5.41, 5.74) is 1.72. The van der Waals surface area contributed by atoms with Crippen LogP contribution in [0.4, 0.5) is 0 Å². The molecule has 5 nitrogen and oxygen atoms in total. The Balaban J connectivity index is 2.05. The SMILES string of the molecule is CC(C(=O)NO)C(CC1CCCC1)C(=O)N1CCCCC1. The first kappa shape index (κ1) is 16.3. The molecule has 0 aromatic carbocycles. The van der Waals surface area contributed by atoms with Crippen molar-refractivity contribution in [1.82, 2.24) is 10.4 Å². The van der Waals surface area contributed by atoms with Gasteiger partial charge in [-0.05, 0) is 31.6 Å². The molecule has 2 rings (SSSR count). The molecule has 1 aliphatic heterocycles. The fraction of sp³-hybridized carbons (Fsp3) is 0.875. The van der Waals surface area contributed by atoms with Crippen LogP contribution in [0.2, 0.25) is 0 Å². The molecule has 2 amide bonds. The molecule has 1 saturated carbocycles. The molecule has 5 heteroatoms. The van der Waals surface area contributed by atoms with E-state index in [2.05, 4.69) is 0 Å². The first-order valence-electron chi connectivity index (χ1n) is 8.36. The van der Waals surface area contributed by atoms with Crippen LogP contribution in [-0.4, -0.2) is 35.0 Å². The van der Waals surface area contributed by atoms with Crippen LogP contribution in [0.3, 0.4) is 0 Å². The summed E-state index contributed by atoms with van der Waals surface area (Å²) in [6.07, 6.45) is 8.87. The molecule has 2 N–H and O–H groups in total. The van der Waals surface area contributed by atoms with E-state index < -0.39 is 11.8 Å². The van der Waals surface area contributed by atoms with Gasteiger partial charge >= 0.3 is 0 Å². The molecule has 21 heavy (non-hydrogen) atoms. The molecule has 1 heterocycles. The van der Waals surface area contributed by atoms with E-state index in [0.29, 0.717) is 5.92 Å². The quantitative estimate of drug-likeness (QED) is 0.604. The Morgan fingerprint density at radius 3 is 2.33 bits per heavy atom. The van der Waals surface area contributed by atoms with Crippen LogP contribution in [0.5, 0.6) is 0 Å². The Labute approximate surface area is 127 Å². The van der Waals surface area contributed by atoms with Gasteiger partial charge in [-0.15, -0.1) is 0 Å². The predicted octanol–water partition coefficient (Wildman–Crippen LogP) is 2.34. The molecule has 2 unspecified atom stereocenters. The number of rotatable bonds is 5. The molecule has 0 bridgehead atoms. The summed E-state index contributed by atoms with van der Waals surface area (Å²) >= 11 is 0. The Kier molecular flexibility index (Phi) is 6.03. The second-order valence-corrected chi connectivity index (χ2v) is 6.64. The third-order valence-electron chi connectivity index (χ3n) is 5.17. The molecule has 1 saturated heterocycles. The summed E-state index contributed by atoms with van der Waals surface area (Å²) in [4.78, 5) is 26.5. The summed E-state index contributed by atoms with van der Waals surface area (Å²) in [6.45, 7) is 3.38. The Morgan fingerprint density at radius 2 is 1.76 bits per heavy atom. The van der Waals surface area contributed by atoms with Gasteiger partial charge in [0.05, 0.1) is 0 Å². The van der Waals surface area contributed by atoms with Gasteiger partial charge in [0, 0.05) is 24.9 Å². The van der Waals surface area contributed by atoms with E-state index in [1.807, 2.05) is 4.90 Å². The van der Waals surface area contributed by atoms with E-state index in [-0.39, 0.29) is 11.8 Å². The van der Waals surface area contributed by atoms with Gasteiger partial charge in [-0.2, -0.15) is 0 Å². The summed E-state index contributed by atoms with van der Waals surface area (Å²) in [5, 5.41) is 8.88. The van der Waals surface area contributed by atoms with Crippen molar-refractivity contribution < 1.29 is 14.8 Å². The number of hydrogen-bond donors (Lipinski definition) is 2. The molecule has 0 spiro atoms. The highest BCUT2D eigenvalue weighted by atomic mass is 16.5. The van der Waals surface area contributed by atoms with Crippen molar-refractivity contribution in [2.24, 2.45) is 17.8 Å². The largest absolute Gasteiger partial charge is 0.342 e. The van der Waals surface area contributed by atoms with E-state index >= 15 is 0 Å². The molecule has 120 valence electrons. The first-order chi connectivity index (χ1) is 10.1. The normalized spacial score (nSPS) is 22.9. The minimum Gasteiger partial charge on any atom is -0.342 e. The van der Waals surface area contributed by atoms with Crippen molar-refractivity contribution >= 4 is 11.8 Å². The maximum Gasteiger partial charge on any atom is 0.246 e. The zero-order valence-corrected chi connectivity index (χ0v) is 13.0. The molecule has 2 atom stereocenters. The average molecular weight is 296 g/mol. The van der Waals surface area contributed by atoms with E-state index in [9.17, 15) is 9.59 Å². The first-order valence-corrected chi connectivity index (χ1v) is 8.36. The lowest BCUT2D eigenvalue weighted by molar-refractivity contribution is -0.145. The average Bonchev–Trinajstić information content (AvgIpc) is 3.04. The van der Waals surface area contributed by atoms with Gasteiger partial charge in [0.1, 0.15) is 0 Å². The number of hydroxylamine groups is 1. The molecule has 0 radical (unpaired) electrons. The Morgan fingerprint density at radius 1 is 1.14 bits per heavy atom. The fourth-order valence-electron chi connectivity index (χ4n) is 3.76. The number of likely N-dealkylation sites (tertiary alicyclic amines) is 1. The number of carbonyl (C=O) groups excluding carboxylic acids is 2. The minimum atomic E-state index is -0.468. The Hall–Kier alpha value is -1.10. The van der Waals surface area contributed by atoms with Crippen LogP contribution in [-0.2, 0) is 9.59 Å². The lowest BCUT2D eigenvalue weighted by Crippen LogP contribution is -2.45. The number of amides is 2. The lowest BCUT2D eigenvalue weighted by atomic mass is 9.83. The number of carbonyl (C=O) groups is 2. The van der Waals surface area contributed by atoms with Crippen LogP contribution in [0.1, 0.15) is 58.3 Å². The topological polar surface area (TPSA) is 69.6 Å². The van der Waals surface area contributed by atoms with E-state index in [1.54, 1.807) is 12.4 Å². The Bertz CT molecular complexity index is 361. The van der Waals surface area contributed by atoms with Crippen molar-refractivity contribution in [2.75, 3.05) is 13.1 Å². The zero-order valence-electron chi connectivity index (χ0n) is 13.0.